The normalized spacial score (nSPS) is 15.0. The first-order valence-corrected chi connectivity index (χ1v) is 10.4. The second-order valence-corrected chi connectivity index (χ2v) is 7.74. The number of aromatic nitrogens is 2. The molecule has 0 fully saturated rings. The van der Waals surface area contributed by atoms with E-state index in [1.165, 1.54) is 6.20 Å². The van der Waals surface area contributed by atoms with Gasteiger partial charge in [-0.3, -0.25) is 9.48 Å². The van der Waals surface area contributed by atoms with E-state index in [9.17, 15) is 18.0 Å². The Kier molecular flexibility index (Phi) is 6.87. The van der Waals surface area contributed by atoms with Gasteiger partial charge in [0.1, 0.15) is 12.8 Å². The van der Waals surface area contributed by atoms with E-state index in [2.05, 4.69) is 18.6 Å². The molecule has 0 saturated heterocycles. The largest absolute Gasteiger partial charge is 0.408 e. The maximum Gasteiger partial charge on any atom is 0.408 e. The first kappa shape index (κ1) is 23.3. The van der Waals surface area contributed by atoms with Crippen molar-refractivity contribution in [3.8, 4) is 11.1 Å². The second-order valence-electron chi connectivity index (χ2n) is 7.74. The van der Waals surface area contributed by atoms with Crippen LogP contribution >= 0.6 is 0 Å². The van der Waals surface area contributed by atoms with E-state index >= 15 is 0 Å². The summed E-state index contributed by atoms with van der Waals surface area (Å²) in [5.41, 5.74) is 6.20. The van der Waals surface area contributed by atoms with Gasteiger partial charge < -0.3 is 4.90 Å². The number of benzene rings is 1. The Morgan fingerprint density at radius 3 is 2.56 bits per heavy atom. The van der Waals surface area contributed by atoms with Crippen LogP contribution in [-0.2, 0) is 11.3 Å². The first-order valence-electron chi connectivity index (χ1n) is 10.4. The zero-order valence-electron chi connectivity index (χ0n) is 18.4. The minimum Gasteiger partial charge on any atom is -0.321 e. The lowest BCUT2D eigenvalue weighted by Crippen LogP contribution is -2.18. The topological polar surface area (TPSA) is 38.1 Å². The molecule has 2 heterocycles. The van der Waals surface area contributed by atoms with Crippen molar-refractivity contribution in [1.29, 1.82) is 0 Å². The predicted molar refractivity (Wildman–Crippen MR) is 120 cm³/mol. The fourth-order valence-electron chi connectivity index (χ4n) is 3.90. The fraction of sp³-hybridized carbons (Fsp3) is 0.280. The molecule has 168 valence electrons. The molecule has 2 aromatic rings. The van der Waals surface area contributed by atoms with Crippen molar-refractivity contribution in [2.45, 2.75) is 46.3 Å². The Labute approximate surface area is 186 Å². The van der Waals surface area contributed by atoms with E-state index in [-0.39, 0.29) is 0 Å². The van der Waals surface area contributed by atoms with Crippen molar-refractivity contribution in [3.63, 3.8) is 0 Å². The molecule has 1 aromatic carbocycles. The summed E-state index contributed by atoms with van der Waals surface area (Å²) in [5.74, 6) is 0. The highest BCUT2D eigenvalue weighted by Gasteiger charge is 2.29. The van der Waals surface area contributed by atoms with Gasteiger partial charge in [-0.1, -0.05) is 44.2 Å². The SMILES string of the molecule is C=C1C=C(C=O)C=CN1/C(C)=C(\CCC)c1ccccc1-c1cn(CC(F)(F)F)nc1C. The molecule has 0 saturated carbocycles. The van der Waals surface area contributed by atoms with Crippen LogP contribution in [0.5, 0.6) is 0 Å². The summed E-state index contributed by atoms with van der Waals surface area (Å²) in [6.07, 6.45) is 4.80. The number of aryl methyl sites for hydroxylation is 1. The van der Waals surface area contributed by atoms with Crippen LogP contribution in [0.25, 0.3) is 16.7 Å². The Bertz CT molecular complexity index is 1120. The van der Waals surface area contributed by atoms with Gasteiger partial charge >= 0.3 is 6.18 Å². The van der Waals surface area contributed by atoms with Crippen molar-refractivity contribution in [3.05, 3.63) is 83.6 Å². The summed E-state index contributed by atoms with van der Waals surface area (Å²) in [4.78, 5) is 13.0. The van der Waals surface area contributed by atoms with Crippen LogP contribution in [0.2, 0.25) is 0 Å². The van der Waals surface area contributed by atoms with Gasteiger partial charge in [0.15, 0.2) is 0 Å². The van der Waals surface area contributed by atoms with Gasteiger partial charge in [-0.05, 0) is 49.1 Å². The number of allylic oxidation sites excluding steroid dienone is 5. The van der Waals surface area contributed by atoms with Crippen molar-refractivity contribution in [1.82, 2.24) is 14.7 Å². The van der Waals surface area contributed by atoms with Gasteiger partial charge in [-0.15, -0.1) is 0 Å². The molecule has 1 aliphatic heterocycles. The molecule has 0 bridgehead atoms. The van der Waals surface area contributed by atoms with E-state index < -0.39 is 12.7 Å². The van der Waals surface area contributed by atoms with E-state index in [1.807, 2.05) is 42.3 Å². The van der Waals surface area contributed by atoms with Crippen LogP contribution in [0, 0.1) is 6.92 Å². The van der Waals surface area contributed by atoms with E-state index in [0.717, 1.165) is 46.2 Å². The Hall–Kier alpha value is -3.35. The standard InChI is InChI=1S/C25H26F3N3O/c1-5-8-21(19(4)31-12-11-20(15-32)13-17(31)2)22-9-6-7-10-23(22)24-14-30(29-18(24)3)16-25(26,27)28/h6-7,9-15H,2,5,8,16H2,1,3-4H3/b21-19+. The number of aldehydes is 1. The minimum atomic E-state index is -4.34. The number of carbonyl (C=O) groups excluding carboxylic acids is 1. The third-order valence-corrected chi connectivity index (χ3v) is 5.32. The number of halogens is 3. The zero-order valence-corrected chi connectivity index (χ0v) is 18.4. The first-order chi connectivity index (χ1) is 15.1. The Morgan fingerprint density at radius 2 is 1.94 bits per heavy atom. The lowest BCUT2D eigenvalue weighted by Gasteiger charge is -2.28. The van der Waals surface area contributed by atoms with E-state index in [4.69, 9.17) is 0 Å². The lowest BCUT2D eigenvalue weighted by atomic mass is 9.91. The molecule has 0 radical (unpaired) electrons. The van der Waals surface area contributed by atoms with Gasteiger partial charge in [0.25, 0.3) is 0 Å². The smallest absolute Gasteiger partial charge is 0.321 e. The van der Waals surface area contributed by atoms with Gasteiger partial charge in [0.2, 0.25) is 0 Å². The van der Waals surface area contributed by atoms with Crippen LogP contribution in [0.1, 0.15) is 37.9 Å². The van der Waals surface area contributed by atoms with Crippen molar-refractivity contribution >= 4 is 11.9 Å². The highest BCUT2D eigenvalue weighted by molar-refractivity contribution is 5.84. The van der Waals surface area contributed by atoms with Crippen LogP contribution in [0.15, 0.2) is 72.4 Å². The molecule has 0 N–H and O–H groups in total. The molecule has 7 heteroatoms. The summed E-state index contributed by atoms with van der Waals surface area (Å²) in [6, 6.07) is 7.68. The number of rotatable bonds is 7. The van der Waals surface area contributed by atoms with Crippen LogP contribution < -0.4 is 0 Å². The molecule has 1 aliphatic rings. The molecule has 0 unspecified atom stereocenters. The summed E-state index contributed by atoms with van der Waals surface area (Å²) in [7, 11) is 0. The number of carbonyl (C=O) groups is 1. The van der Waals surface area contributed by atoms with Gasteiger partial charge in [0, 0.05) is 34.9 Å². The highest BCUT2D eigenvalue weighted by atomic mass is 19.4. The van der Waals surface area contributed by atoms with Gasteiger partial charge in [-0.2, -0.15) is 18.3 Å². The zero-order chi connectivity index (χ0) is 23.5. The summed E-state index contributed by atoms with van der Waals surface area (Å²) < 4.78 is 39.6. The van der Waals surface area contributed by atoms with Gasteiger partial charge in [-0.25, -0.2) is 0 Å². The molecular weight excluding hydrogens is 415 g/mol. The second kappa shape index (κ2) is 9.42. The monoisotopic (exact) mass is 441 g/mol. The van der Waals surface area contributed by atoms with Crippen LogP contribution in [-0.4, -0.2) is 27.1 Å². The Morgan fingerprint density at radius 1 is 1.22 bits per heavy atom. The van der Waals surface area contributed by atoms with Crippen molar-refractivity contribution < 1.29 is 18.0 Å². The molecule has 0 atom stereocenters. The summed E-state index contributed by atoms with van der Waals surface area (Å²) in [5, 5.41) is 4.09. The predicted octanol–water partition coefficient (Wildman–Crippen LogP) is 6.42. The molecule has 0 spiro atoms. The van der Waals surface area contributed by atoms with E-state index in [0.29, 0.717) is 22.5 Å². The summed E-state index contributed by atoms with van der Waals surface area (Å²) >= 11 is 0. The quantitative estimate of drug-likeness (QED) is 0.465. The molecule has 4 nitrogen and oxygen atoms in total. The maximum absolute atomic E-state index is 12.9. The lowest BCUT2D eigenvalue weighted by molar-refractivity contribution is -0.142. The number of alkyl halides is 3. The van der Waals surface area contributed by atoms with E-state index in [1.54, 1.807) is 19.1 Å². The number of hydrogen-bond acceptors (Lipinski definition) is 3. The van der Waals surface area contributed by atoms with Gasteiger partial charge in [0.05, 0.1) is 5.69 Å². The minimum absolute atomic E-state index is 0.538. The summed E-state index contributed by atoms with van der Waals surface area (Å²) in [6.45, 7) is 8.72. The van der Waals surface area contributed by atoms with Crippen LogP contribution in [0.4, 0.5) is 13.2 Å². The molecule has 0 amide bonds. The molecule has 1 aromatic heterocycles. The van der Waals surface area contributed by atoms with Crippen molar-refractivity contribution in [2.75, 3.05) is 0 Å². The average molecular weight is 441 g/mol. The molecule has 3 rings (SSSR count). The number of hydrogen-bond donors (Lipinski definition) is 0. The molecule has 32 heavy (non-hydrogen) atoms. The third kappa shape index (κ3) is 5.10. The number of nitrogens with zero attached hydrogens (tertiary/aromatic N) is 3. The highest BCUT2D eigenvalue weighted by Crippen LogP contribution is 2.37. The maximum atomic E-state index is 12.9. The molecular formula is C25H26F3N3O. The van der Waals surface area contributed by atoms with Crippen molar-refractivity contribution in [2.24, 2.45) is 0 Å². The fourth-order valence-corrected chi connectivity index (χ4v) is 3.90. The van der Waals surface area contributed by atoms with Crippen LogP contribution in [0.3, 0.4) is 0 Å². The Balaban J connectivity index is 2.10. The molecule has 0 aliphatic carbocycles. The third-order valence-electron chi connectivity index (χ3n) is 5.32. The average Bonchev–Trinajstić information content (AvgIpc) is 3.09.